The highest BCUT2D eigenvalue weighted by Crippen LogP contribution is 2.20. The van der Waals surface area contributed by atoms with Gasteiger partial charge in [-0.2, -0.15) is 5.10 Å². The minimum absolute atomic E-state index is 0.268. The van der Waals surface area contributed by atoms with E-state index in [1.165, 1.54) is 12.1 Å². The van der Waals surface area contributed by atoms with Crippen LogP contribution in [0.25, 0.3) is 10.9 Å². The number of benzene rings is 1. The molecule has 0 saturated carbocycles. The lowest BCUT2D eigenvalue weighted by Gasteiger charge is -2.04. The molecule has 0 atom stereocenters. The van der Waals surface area contributed by atoms with E-state index in [4.69, 9.17) is 0 Å². The molecule has 0 aliphatic rings. The third-order valence-corrected chi connectivity index (χ3v) is 3.45. The van der Waals surface area contributed by atoms with Crippen LogP contribution in [0.3, 0.4) is 0 Å². The van der Waals surface area contributed by atoms with Crippen molar-refractivity contribution < 1.29 is 9.18 Å². The maximum atomic E-state index is 13.3. The minimum atomic E-state index is -0.322. The lowest BCUT2D eigenvalue weighted by Crippen LogP contribution is -2.16. The molecule has 3 rings (SSSR count). The zero-order valence-corrected chi connectivity index (χ0v) is 11.8. The third-order valence-electron chi connectivity index (χ3n) is 3.45. The lowest BCUT2D eigenvalue weighted by molar-refractivity contribution is 0.101. The number of nitrogens with zero attached hydrogens (tertiary/aromatic N) is 3. The van der Waals surface area contributed by atoms with Gasteiger partial charge in [0.2, 0.25) is 0 Å². The Labute approximate surface area is 121 Å². The summed E-state index contributed by atoms with van der Waals surface area (Å²) in [5, 5.41) is 7.77. The van der Waals surface area contributed by atoms with Gasteiger partial charge in [0.15, 0.2) is 5.82 Å². The van der Waals surface area contributed by atoms with Crippen LogP contribution in [0.4, 0.5) is 10.2 Å². The molecule has 0 spiro atoms. The Balaban J connectivity index is 1.92. The first kappa shape index (κ1) is 13.4. The molecule has 0 unspecified atom stereocenters. The number of carbonyl (C=O) groups is 1. The molecule has 108 valence electrons. The van der Waals surface area contributed by atoms with E-state index in [9.17, 15) is 9.18 Å². The Morgan fingerprint density at radius 2 is 2.14 bits per heavy atom. The van der Waals surface area contributed by atoms with Crippen LogP contribution in [-0.4, -0.2) is 20.3 Å². The highest BCUT2D eigenvalue weighted by atomic mass is 19.1. The summed E-state index contributed by atoms with van der Waals surface area (Å²) in [6.45, 7) is 2.71. The zero-order chi connectivity index (χ0) is 15.0. The van der Waals surface area contributed by atoms with Crippen molar-refractivity contribution in [2.75, 3.05) is 5.32 Å². The SMILES string of the molecule is CCn1ccc(NC(=O)c2cc3ccc(F)cc3n2C)n1. The summed E-state index contributed by atoms with van der Waals surface area (Å²) in [5.41, 5.74) is 1.14. The number of nitrogens with one attached hydrogen (secondary N) is 1. The smallest absolute Gasteiger partial charge is 0.273 e. The second kappa shape index (κ2) is 5.05. The van der Waals surface area contributed by atoms with Gasteiger partial charge in [-0.3, -0.25) is 9.48 Å². The van der Waals surface area contributed by atoms with E-state index >= 15 is 0 Å². The van der Waals surface area contributed by atoms with Crippen LogP contribution in [-0.2, 0) is 13.6 Å². The van der Waals surface area contributed by atoms with Crippen LogP contribution in [0.1, 0.15) is 17.4 Å². The molecule has 1 amide bonds. The molecule has 5 nitrogen and oxygen atoms in total. The van der Waals surface area contributed by atoms with Crippen molar-refractivity contribution in [3.63, 3.8) is 0 Å². The van der Waals surface area contributed by atoms with Gasteiger partial charge in [-0.05, 0) is 31.2 Å². The molecule has 0 aliphatic carbocycles. The summed E-state index contributed by atoms with van der Waals surface area (Å²) in [6, 6.07) is 7.93. The van der Waals surface area contributed by atoms with E-state index in [1.54, 1.807) is 40.7 Å². The second-order valence-electron chi connectivity index (χ2n) is 4.80. The number of aryl methyl sites for hydroxylation is 2. The number of fused-ring (bicyclic) bond motifs is 1. The van der Waals surface area contributed by atoms with E-state index in [-0.39, 0.29) is 11.7 Å². The number of carbonyl (C=O) groups excluding carboxylic acids is 1. The molecular weight excluding hydrogens is 271 g/mol. The van der Waals surface area contributed by atoms with Gasteiger partial charge in [-0.15, -0.1) is 0 Å². The fourth-order valence-electron chi connectivity index (χ4n) is 2.31. The summed E-state index contributed by atoms with van der Waals surface area (Å²) in [4.78, 5) is 12.3. The highest BCUT2D eigenvalue weighted by molar-refractivity contribution is 6.05. The van der Waals surface area contributed by atoms with Crippen molar-refractivity contribution in [1.82, 2.24) is 14.3 Å². The number of aromatic nitrogens is 3. The largest absolute Gasteiger partial charge is 0.340 e. The first-order valence-electron chi connectivity index (χ1n) is 6.68. The zero-order valence-electron chi connectivity index (χ0n) is 11.8. The van der Waals surface area contributed by atoms with Crippen LogP contribution in [0.2, 0.25) is 0 Å². The van der Waals surface area contributed by atoms with Gasteiger partial charge in [0, 0.05) is 31.2 Å². The molecule has 0 fully saturated rings. The Hall–Kier alpha value is -2.63. The molecule has 0 bridgehead atoms. The summed E-state index contributed by atoms with van der Waals surface area (Å²) >= 11 is 0. The monoisotopic (exact) mass is 286 g/mol. The van der Waals surface area contributed by atoms with E-state index in [2.05, 4.69) is 10.4 Å². The van der Waals surface area contributed by atoms with Crippen LogP contribution in [0.15, 0.2) is 36.5 Å². The van der Waals surface area contributed by atoms with Gasteiger partial charge in [-0.1, -0.05) is 0 Å². The van der Waals surface area contributed by atoms with Crippen LogP contribution < -0.4 is 5.32 Å². The normalized spacial score (nSPS) is 11.0. The van der Waals surface area contributed by atoms with Crippen LogP contribution in [0.5, 0.6) is 0 Å². The van der Waals surface area contributed by atoms with Crippen LogP contribution >= 0.6 is 0 Å². The summed E-state index contributed by atoms with van der Waals surface area (Å²) in [6.07, 6.45) is 1.80. The molecule has 3 aromatic rings. The van der Waals surface area contributed by atoms with Gasteiger partial charge in [0.1, 0.15) is 11.5 Å². The van der Waals surface area contributed by atoms with Crippen molar-refractivity contribution in [3.8, 4) is 0 Å². The molecule has 0 radical (unpaired) electrons. The molecule has 21 heavy (non-hydrogen) atoms. The number of anilines is 1. The second-order valence-corrected chi connectivity index (χ2v) is 4.80. The average molecular weight is 286 g/mol. The quantitative estimate of drug-likeness (QED) is 0.805. The van der Waals surface area contributed by atoms with Crippen molar-refractivity contribution in [3.05, 3.63) is 48.0 Å². The molecular formula is C15H15FN4O. The number of amides is 1. The fourth-order valence-corrected chi connectivity index (χ4v) is 2.31. The maximum Gasteiger partial charge on any atom is 0.273 e. The molecule has 1 N–H and O–H groups in total. The van der Waals surface area contributed by atoms with Gasteiger partial charge in [0.25, 0.3) is 5.91 Å². The number of halogens is 1. The van der Waals surface area contributed by atoms with Crippen molar-refractivity contribution in [1.29, 1.82) is 0 Å². The molecule has 0 saturated heterocycles. The molecule has 6 heteroatoms. The lowest BCUT2D eigenvalue weighted by atomic mass is 10.2. The van der Waals surface area contributed by atoms with E-state index in [1.807, 2.05) is 6.92 Å². The summed E-state index contributed by atoms with van der Waals surface area (Å²) < 4.78 is 16.7. The summed E-state index contributed by atoms with van der Waals surface area (Å²) in [7, 11) is 1.74. The standard InChI is InChI=1S/C15H15FN4O/c1-3-20-7-6-14(18-20)17-15(21)13-8-10-4-5-11(16)9-12(10)19(13)2/h4-9H,3H2,1-2H3,(H,17,18,21). The van der Waals surface area contributed by atoms with E-state index in [0.717, 1.165) is 11.9 Å². The topological polar surface area (TPSA) is 51.9 Å². The highest BCUT2D eigenvalue weighted by Gasteiger charge is 2.14. The van der Waals surface area contributed by atoms with Crippen molar-refractivity contribution in [2.45, 2.75) is 13.5 Å². The Bertz CT molecular complexity index is 818. The predicted octanol–water partition coefficient (Wildman–Crippen LogP) is 2.79. The Morgan fingerprint density at radius 3 is 2.86 bits per heavy atom. The van der Waals surface area contributed by atoms with Crippen molar-refractivity contribution >= 4 is 22.6 Å². The third kappa shape index (κ3) is 2.40. The Morgan fingerprint density at radius 1 is 1.33 bits per heavy atom. The first-order valence-corrected chi connectivity index (χ1v) is 6.68. The summed E-state index contributed by atoms with van der Waals surface area (Å²) in [5.74, 6) is -0.0916. The number of hydrogen-bond acceptors (Lipinski definition) is 2. The average Bonchev–Trinajstić information content (AvgIpc) is 3.04. The van der Waals surface area contributed by atoms with Gasteiger partial charge in [-0.25, -0.2) is 4.39 Å². The predicted molar refractivity (Wildman–Crippen MR) is 78.7 cm³/mol. The molecule has 1 aromatic carbocycles. The van der Waals surface area contributed by atoms with Gasteiger partial charge in [0.05, 0.1) is 5.52 Å². The molecule has 0 aliphatic heterocycles. The molecule has 2 heterocycles. The Kier molecular flexibility index (Phi) is 3.21. The number of hydrogen-bond donors (Lipinski definition) is 1. The fraction of sp³-hybridized carbons (Fsp3) is 0.200. The van der Waals surface area contributed by atoms with E-state index < -0.39 is 0 Å². The first-order chi connectivity index (χ1) is 10.1. The van der Waals surface area contributed by atoms with Crippen LogP contribution in [0, 0.1) is 5.82 Å². The van der Waals surface area contributed by atoms with Crippen molar-refractivity contribution in [2.24, 2.45) is 7.05 Å². The van der Waals surface area contributed by atoms with E-state index in [0.29, 0.717) is 17.0 Å². The van der Waals surface area contributed by atoms with Gasteiger partial charge < -0.3 is 9.88 Å². The maximum absolute atomic E-state index is 13.3. The van der Waals surface area contributed by atoms with Gasteiger partial charge >= 0.3 is 0 Å². The number of rotatable bonds is 3. The minimum Gasteiger partial charge on any atom is -0.340 e. The molecule has 2 aromatic heterocycles.